The highest BCUT2D eigenvalue weighted by Gasteiger charge is 2.25. The predicted molar refractivity (Wildman–Crippen MR) is 115 cm³/mol. The lowest BCUT2D eigenvalue weighted by atomic mass is 9.97. The van der Waals surface area contributed by atoms with Gasteiger partial charge in [0.05, 0.1) is 5.56 Å². The summed E-state index contributed by atoms with van der Waals surface area (Å²) < 4.78 is 0. The first-order chi connectivity index (χ1) is 13.6. The van der Waals surface area contributed by atoms with E-state index in [1.165, 1.54) is 6.42 Å². The van der Waals surface area contributed by atoms with Gasteiger partial charge in [-0.3, -0.25) is 9.59 Å². The summed E-state index contributed by atoms with van der Waals surface area (Å²) in [6, 6.07) is 5.88. The molecular formula is C23H35N3O2. The summed E-state index contributed by atoms with van der Waals surface area (Å²) in [5.74, 6) is 0.880. The molecule has 2 amide bonds. The van der Waals surface area contributed by atoms with Crippen LogP contribution >= 0.6 is 0 Å². The number of anilines is 2. The number of hydrogen-bond acceptors (Lipinski definition) is 3. The Balaban J connectivity index is 1.83. The Bertz CT molecular complexity index is 674. The van der Waals surface area contributed by atoms with Crippen molar-refractivity contribution in [2.24, 2.45) is 5.92 Å². The SMILES string of the molecule is CCCCC(=O)Nc1ccc(N2CCC(C)CC2)c(C(=O)N2CCCCC2)c1. The summed E-state index contributed by atoms with van der Waals surface area (Å²) in [7, 11) is 0. The van der Waals surface area contributed by atoms with Crippen molar-refractivity contribution in [2.75, 3.05) is 36.4 Å². The Morgan fingerprint density at radius 2 is 1.79 bits per heavy atom. The zero-order valence-corrected chi connectivity index (χ0v) is 17.5. The Morgan fingerprint density at radius 1 is 1.07 bits per heavy atom. The van der Waals surface area contributed by atoms with Crippen LogP contribution in [-0.2, 0) is 4.79 Å². The van der Waals surface area contributed by atoms with Crippen LogP contribution < -0.4 is 10.2 Å². The molecule has 0 spiro atoms. The average molecular weight is 386 g/mol. The molecule has 1 aromatic carbocycles. The van der Waals surface area contributed by atoms with Crippen molar-refractivity contribution in [3.05, 3.63) is 23.8 Å². The number of benzene rings is 1. The lowest BCUT2D eigenvalue weighted by Gasteiger charge is -2.35. The van der Waals surface area contributed by atoms with Crippen LogP contribution in [0, 0.1) is 5.92 Å². The molecule has 0 unspecified atom stereocenters. The molecule has 0 atom stereocenters. The van der Waals surface area contributed by atoms with Gasteiger partial charge in [-0.15, -0.1) is 0 Å². The number of nitrogens with zero attached hydrogens (tertiary/aromatic N) is 2. The number of likely N-dealkylation sites (tertiary alicyclic amines) is 1. The van der Waals surface area contributed by atoms with E-state index in [1.807, 2.05) is 23.1 Å². The summed E-state index contributed by atoms with van der Waals surface area (Å²) in [6.45, 7) is 8.03. The van der Waals surface area contributed by atoms with Gasteiger partial charge in [-0.05, 0) is 62.6 Å². The Labute approximate surface area is 169 Å². The second-order valence-electron chi connectivity index (χ2n) is 8.41. The number of hydrogen-bond donors (Lipinski definition) is 1. The summed E-state index contributed by atoms with van der Waals surface area (Å²) in [4.78, 5) is 29.8. The molecule has 2 saturated heterocycles. The highest BCUT2D eigenvalue weighted by molar-refractivity contribution is 6.02. The van der Waals surface area contributed by atoms with Crippen molar-refractivity contribution in [3.8, 4) is 0 Å². The fourth-order valence-corrected chi connectivity index (χ4v) is 4.14. The van der Waals surface area contributed by atoms with E-state index in [2.05, 4.69) is 24.1 Å². The van der Waals surface area contributed by atoms with Gasteiger partial charge in [-0.25, -0.2) is 0 Å². The Kier molecular flexibility index (Phi) is 7.35. The molecule has 1 N–H and O–H groups in total. The first kappa shape index (κ1) is 20.7. The first-order valence-corrected chi connectivity index (χ1v) is 11.1. The summed E-state index contributed by atoms with van der Waals surface area (Å²) in [5, 5.41) is 2.98. The van der Waals surface area contributed by atoms with Crippen LogP contribution in [0.25, 0.3) is 0 Å². The standard InChI is InChI=1S/C23H35N3O2/c1-3-4-8-22(27)24-19-9-10-21(25-15-11-18(2)12-16-25)20(17-19)23(28)26-13-6-5-7-14-26/h9-10,17-18H,3-8,11-16H2,1-2H3,(H,24,27). The highest BCUT2D eigenvalue weighted by Crippen LogP contribution is 2.30. The highest BCUT2D eigenvalue weighted by atomic mass is 16.2. The fourth-order valence-electron chi connectivity index (χ4n) is 4.14. The summed E-state index contributed by atoms with van der Waals surface area (Å²) in [6.07, 6.45) is 8.09. The van der Waals surface area contributed by atoms with Crippen LogP contribution in [-0.4, -0.2) is 42.9 Å². The molecule has 154 valence electrons. The van der Waals surface area contributed by atoms with Crippen LogP contribution in [0.3, 0.4) is 0 Å². The first-order valence-electron chi connectivity index (χ1n) is 11.1. The maximum atomic E-state index is 13.3. The van der Waals surface area contributed by atoms with Crippen LogP contribution in [0.15, 0.2) is 18.2 Å². The zero-order chi connectivity index (χ0) is 19.9. The number of nitrogens with one attached hydrogen (secondary N) is 1. The molecule has 3 rings (SSSR count). The molecule has 2 heterocycles. The maximum absolute atomic E-state index is 13.3. The number of carbonyl (C=O) groups excluding carboxylic acids is 2. The van der Waals surface area contributed by atoms with E-state index in [-0.39, 0.29) is 11.8 Å². The van der Waals surface area contributed by atoms with Gasteiger partial charge in [-0.1, -0.05) is 20.3 Å². The largest absolute Gasteiger partial charge is 0.371 e. The molecule has 1 aromatic rings. The van der Waals surface area contributed by atoms with E-state index in [0.717, 1.165) is 87.6 Å². The van der Waals surface area contributed by atoms with Crippen molar-refractivity contribution in [1.29, 1.82) is 0 Å². The number of amides is 2. The topological polar surface area (TPSA) is 52.7 Å². The van der Waals surface area contributed by atoms with E-state index in [4.69, 9.17) is 0 Å². The average Bonchev–Trinajstić information content (AvgIpc) is 2.73. The monoisotopic (exact) mass is 385 g/mol. The molecule has 5 heteroatoms. The van der Waals surface area contributed by atoms with Gasteiger partial charge in [0, 0.05) is 44.0 Å². The zero-order valence-electron chi connectivity index (χ0n) is 17.5. The van der Waals surface area contributed by atoms with Gasteiger partial charge >= 0.3 is 0 Å². The van der Waals surface area contributed by atoms with Gasteiger partial charge < -0.3 is 15.1 Å². The third kappa shape index (κ3) is 5.27. The molecule has 2 fully saturated rings. The quantitative estimate of drug-likeness (QED) is 0.774. The van der Waals surface area contributed by atoms with Crippen molar-refractivity contribution >= 4 is 23.2 Å². The molecule has 2 aliphatic rings. The van der Waals surface area contributed by atoms with E-state index in [1.54, 1.807) is 0 Å². The van der Waals surface area contributed by atoms with Crippen LogP contribution in [0.4, 0.5) is 11.4 Å². The molecule has 0 bridgehead atoms. The third-order valence-corrected chi connectivity index (χ3v) is 6.04. The maximum Gasteiger partial charge on any atom is 0.256 e. The Morgan fingerprint density at radius 3 is 2.46 bits per heavy atom. The minimum absolute atomic E-state index is 0.0257. The van der Waals surface area contributed by atoms with E-state index in [0.29, 0.717) is 6.42 Å². The number of carbonyl (C=O) groups is 2. The molecule has 28 heavy (non-hydrogen) atoms. The fraction of sp³-hybridized carbons (Fsp3) is 0.652. The van der Waals surface area contributed by atoms with Gasteiger partial charge in [0.25, 0.3) is 5.91 Å². The van der Waals surface area contributed by atoms with Crippen LogP contribution in [0.1, 0.15) is 75.6 Å². The minimum atomic E-state index is 0.0257. The lowest BCUT2D eigenvalue weighted by molar-refractivity contribution is -0.116. The van der Waals surface area contributed by atoms with Crippen molar-refractivity contribution in [2.45, 2.75) is 65.2 Å². The molecule has 0 aliphatic carbocycles. The molecule has 2 aliphatic heterocycles. The third-order valence-electron chi connectivity index (χ3n) is 6.04. The number of piperidine rings is 2. The smallest absolute Gasteiger partial charge is 0.256 e. The van der Waals surface area contributed by atoms with E-state index in [9.17, 15) is 9.59 Å². The van der Waals surface area contributed by atoms with E-state index < -0.39 is 0 Å². The van der Waals surface area contributed by atoms with Crippen LogP contribution in [0.2, 0.25) is 0 Å². The molecule has 0 radical (unpaired) electrons. The van der Waals surface area contributed by atoms with Crippen molar-refractivity contribution in [3.63, 3.8) is 0 Å². The second-order valence-corrected chi connectivity index (χ2v) is 8.41. The lowest BCUT2D eigenvalue weighted by Crippen LogP contribution is -2.38. The Hall–Kier alpha value is -2.04. The van der Waals surface area contributed by atoms with Crippen molar-refractivity contribution in [1.82, 2.24) is 4.90 Å². The normalized spacial score (nSPS) is 18.2. The second kappa shape index (κ2) is 9.94. The van der Waals surface area contributed by atoms with Gasteiger partial charge in [0.1, 0.15) is 0 Å². The molecular weight excluding hydrogens is 350 g/mol. The number of rotatable bonds is 6. The number of unbranched alkanes of at least 4 members (excludes halogenated alkanes) is 1. The van der Waals surface area contributed by atoms with E-state index >= 15 is 0 Å². The van der Waals surface area contributed by atoms with Crippen LogP contribution in [0.5, 0.6) is 0 Å². The summed E-state index contributed by atoms with van der Waals surface area (Å²) in [5.41, 5.74) is 2.49. The molecule has 0 saturated carbocycles. The molecule has 0 aromatic heterocycles. The van der Waals surface area contributed by atoms with Crippen molar-refractivity contribution < 1.29 is 9.59 Å². The van der Waals surface area contributed by atoms with Gasteiger partial charge in [0.2, 0.25) is 5.91 Å². The molecule has 5 nitrogen and oxygen atoms in total. The predicted octanol–water partition coefficient (Wildman–Crippen LogP) is 4.68. The summed E-state index contributed by atoms with van der Waals surface area (Å²) >= 11 is 0. The van der Waals surface area contributed by atoms with Gasteiger partial charge in [0.15, 0.2) is 0 Å². The minimum Gasteiger partial charge on any atom is -0.371 e. The van der Waals surface area contributed by atoms with Gasteiger partial charge in [-0.2, -0.15) is 0 Å².